The fraction of sp³-hybridized carbons (Fsp3) is 0.571. The van der Waals surface area contributed by atoms with E-state index in [2.05, 4.69) is 4.90 Å². The van der Waals surface area contributed by atoms with Crippen LogP contribution in [0, 0.1) is 0 Å². The van der Waals surface area contributed by atoms with Gasteiger partial charge in [-0.25, -0.2) is 0 Å². The van der Waals surface area contributed by atoms with Gasteiger partial charge in [0.05, 0.1) is 6.10 Å². The quantitative estimate of drug-likeness (QED) is 0.830. The van der Waals surface area contributed by atoms with E-state index in [9.17, 15) is 5.11 Å². The molecule has 19 heavy (non-hydrogen) atoms. The van der Waals surface area contributed by atoms with Crippen molar-refractivity contribution in [2.24, 2.45) is 5.73 Å². The molecule has 1 saturated heterocycles. The molecule has 5 nitrogen and oxygen atoms in total. The van der Waals surface area contributed by atoms with Crippen molar-refractivity contribution in [3.63, 3.8) is 0 Å². The number of rotatable bonds is 4. The topological polar surface area (TPSA) is 68.0 Å². The van der Waals surface area contributed by atoms with Gasteiger partial charge in [0.25, 0.3) is 0 Å². The average molecular weight is 264 g/mol. The lowest BCUT2D eigenvalue weighted by Crippen LogP contribution is -2.47. The van der Waals surface area contributed by atoms with Crippen molar-refractivity contribution in [2.45, 2.75) is 18.6 Å². The maximum absolute atomic E-state index is 10.3. The Morgan fingerprint density at radius 3 is 2.63 bits per heavy atom. The minimum absolute atomic E-state index is 0.275. The zero-order valence-electron chi connectivity index (χ0n) is 10.9. The van der Waals surface area contributed by atoms with Crippen LogP contribution in [0.1, 0.15) is 18.1 Å². The zero-order valence-corrected chi connectivity index (χ0v) is 10.9. The summed E-state index contributed by atoms with van der Waals surface area (Å²) in [5, 5.41) is 10.3. The molecule has 0 unspecified atom stereocenters. The van der Waals surface area contributed by atoms with E-state index in [-0.39, 0.29) is 6.04 Å². The number of ether oxygens (including phenoxy) is 2. The molecule has 2 aliphatic rings. The van der Waals surface area contributed by atoms with E-state index >= 15 is 0 Å². The van der Waals surface area contributed by atoms with E-state index in [0.717, 1.165) is 30.9 Å². The summed E-state index contributed by atoms with van der Waals surface area (Å²) in [6.45, 7) is 4.02. The van der Waals surface area contributed by atoms with Crippen molar-refractivity contribution >= 4 is 0 Å². The Morgan fingerprint density at radius 1 is 1.21 bits per heavy atom. The Labute approximate surface area is 112 Å². The summed E-state index contributed by atoms with van der Waals surface area (Å²) in [6, 6.07) is 5.25. The van der Waals surface area contributed by atoms with Crippen LogP contribution in [-0.4, -0.2) is 48.9 Å². The van der Waals surface area contributed by atoms with Crippen LogP contribution in [0.15, 0.2) is 18.2 Å². The van der Waals surface area contributed by atoms with Crippen LogP contribution >= 0.6 is 0 Å². The number of benzene rings is 1. The van der Waals surface area contributed by atoms with Gasteiger partial charge >= 0.3 is 0 Å². The molecule has 0 aromatic heterocycles. The zero-order chi connectivity index (χ0) is 13.2. The molecule has 1 aromatic rings. The number of nitrogens with two attached hydrogens (primary N) is 1. The van der Waals surface area contributed by atoms with Gasteiger partial charge in [-0.15, -0.1) is 0 Å². The minimum atomic E-state index is -0.670. The van der Waals surface area contributed by atoms with Crippen LogP contribution < -0.4 is 15.2 Å². The van der Waals surface area contributed by atoms with Gasteiger partial charge in [0, 0.05) is 12.6 Å². The van der Waals surface area contributed by atoms with Gasteiger partial charge in [0.15, 0.2) is 11.5 Å². The standard InChI is InChI=1S/C14H20N2O3/c15-11(9-16-4-1-5-16)14(17)10-2-3-12-13(8-10)19-7-6-18-12/h2-3,8,11,14,17H,1,4-7,9,15H2/t11-,14-/m1/s1. The van der Waals surface area contributed by atoms with Gasteiger partial charge in [0.2, 0.25) is 0 Å². The van der Waals surface area contributed by atoms with Gasteiger partial charge in [-0.1, -0.05) is 6.07 Å². The fourth-order valence-electron chi connectivity index (χ4n) is 2.45. The maximum atomic E-state index is 10.3. The highest BCUT2D eigenvalue weighted by molar-refractivity contribution is 5.44. The second-order valence-corrected chi connectivity index (χ2v) is 5.17. The first-order chi connectivity index (χ1) is 9.24. The van der Waals surface area contributed by atoms with E-state index in [1.807, 2.05) is 18.2 Å². The summed E-state index contributed by atoms with van der Waals surface area (Å²) < 4.78 is 11.0. The molecule has 3 rings (SSSR count). The summed E-state index contributed by atoms with van der Waals surface area (Å²) in [6.07, 6.45) is 0.559. The van der Waals surface area contributed by atoms with E-state index in [1.165, 1.54) is 6.42 Å². The Bertz CT molecular complexity index is 448. The predicted octanol–water partition coefficient (Wildman–Crippen LogP) is 0.524. The van der Waals surface area contributed by atoms with Gasteiger partial charge < -0.3 is 25.2 Å². The highest BCUT2D eigenvalue weighted by atomic mass is 16.6. The molecular weight excluding hydrogens is 244 g/mol. The van der Waals surface area contributed by atoms with Crippen molar-refractivity contribution in [1.82, 2.24) is 4.90 Å². The number of hydrogen-bond acceptors (Lipinski definition) is 5. The molecular formula is C14H20N2O3. The van der Waals surface area contributed by atoms with Crippen molar-refractivity contribution in [1.29, 1.82) is 0 Å². The van der Waals surface area contributed by atoms with Crippen LogP contribution in [0.4, 0.5) is 0 Å². The minimum Gasteiger partial charge on any atom is -0.486 e. The molecule has 2 heterocycles. The molecule has 0 spiro atoms. The summed E-state index contributed by atoms with van der Waals surface area (Å²) in [4.78, 5) is 2.26. The van der Waals surface area contributed by atoms with Crippen molar-refractivity contribution in [3.8, 4) is 11.5 Å². The first-order valence-corrected chi connectivity index (χ1v) is 6.79. The number of aliphatic hydroxyl groups excluding tert-OH is 1. The third kappa shape index (κ3) is 2.68. The van der Waals surface area contributed by atoms with Crippen LogP contribution in [0.2, 0.25) is 0 Å². The van der Waals surface area contributed by atoms with Gasteiger partial charge in [-0.2, -0.15) is 0 Å². The molecule has 0 bridgehead atoms. The third-order valence-electron chi connectivity index (χ3n) is 3.73. The third-order valence-corrected chi connectivity index (χ3v) is 3.73. The Morgan fingerprint density at radius 2 is 1.95 bits per heavy atom. The second-order valence-electron chi connectivity index (χ2n) is 5.17. The molecule has 3 N–H and O–H groups in total. The molecule has 0 amide bonds. The lowest BCUT2D eigenvalue weighted by molar-refractivity contribution is 0.0949. The Hall–Kier alpha value is -1.30. The highest BCUT2D eigenvalue weighted by Crippen LogP contribution is 2.33. The molecule has 104 valence electrons. The fourth-order valence-corrected chi connectivity index (χ4v) is 2.45. The molecule has 0 radical (unpaired) electrons. The van der Waals surface area contributed by atoms with Gasteiger partial charge in [0.1, 0.15) is 13.2 Å². The first-order valence-electron chi connectivity index (χ1n) is 6.79. The summed E-state index contributed by atoms with van der Waals surface area (Å²) >= 11 is 0. The number of likely N-dealkylation sites (tertiary alicyclic amines) is 1. The van der Waals surface area contributed by atoms with Crippen molar-refractivity contribution in [2.75, 3.05) is 32.8 Å². The van der Waals surface area contributed by atoms with Crippen LogP contribution in [-0.2, 0) is 0 Å². The smallest absolute Gasteiger partial charge is 0.161 e. The molecule has 2 atom stereocenters. The van der Waals surface area contributed by atoms with E-state index in [4.69, 9.17) is 15.2 Å². The normalized spacial score (nSPS) is 21.6. The Kier molecular flexibility index (Phi) is 3.59. The van der Waals surface area contributed by atoms with Gasteiger partial charge in [-0.3, -0.25) is 0 Å². The molecule has 1 fully saturated rings. The maximum Gasteiger partial charge on any atom is 0.161 e. The Balaban J connectivity index is 1.69. The first kappa shape index (κ1) is 12.7. The highest BCUT2D eigenvalue weighted by Gasteiger charge is 2.24. The van der Waals surface area contributed by atoms with Crippen molar-refractivity contribution in [3.05, 3.63) is 23.8 Å². The van der Waals surface area contributed by atoms with E-state index in [0.29, 0.717) is 19.0 Å². The molecule has 0 saturated carbocycles. The second kappa shape index (κ2) is 5.36. The summed E-state index contributed by atoms with van der Waals surface area (Å²) in [5.41, 5.74) is 6.86. The number of nitrogens with zero attached hydrogens (tertiary/aromatic N) is 1. The summed E-state index contributed by atoms with van der Waals surface area (Å²) in [7, 11) is 0. The molecule has 2 aliphatic heterocycles. The number of aliphatic hydroxyl groups is 1. The van der Waals surface area contributed by atoms with Crippen LogP contribution in [0.3, 0.4) is 0 Å². The lowest BCUT2D eigenvalue weighted by Gasteiger charge is -2.34. The SMILES string of the molecule is N[C@H](CN1CCC1)[C@H](O)c1ccc2c(c1)OCCO2. The van der Waals surface area contributed by atoms with E-state index in [1.54, 1.807) is 0 Å². The molecule has 1 aromatic carbocycles. The summed E-state index contributed by atoms with van der Waals surface area (Å²) in [5.74, 6) is 1.43. The monoisotopic (exact) mass is 264 g/mol. The number of fused-ring (bicyclic) bond motifs is 1. The predicted molar refractivity (Wildman–Crippen MR) is 71.4 cm³/mol. The van der Waals surface area contributed by atoms with E-state index < -0.39 is 6.10 Å². The average Bonchev–Trinajstić information content (AvgIpc) is 2.41. The molecule has 5 heteroatoms. The van der Waals surface area contributed by atoms with Crippen LogP contribution in [0.25, 0.3) is 0 Å². The van der Waals surface area contributed by atoms with Gasteiger partial charge in [-0.05, 0) is 37.2 Å². The lowest BCUT2D eigenvalue weighted by atomic mass is 10.0. The largest absolute Gasteiger partial charge is 0.486 e. The number of hydrogen-bond donors (Lipinski definition) is 2. The molecule has 0 aliphatic carbocycles. The van der Waals surface area contributed by atoms with Crippen molar-refractivity contribution < 1.29 is 14.6 Å². The van der Waals surface area contributed by atoms with Crippen LogP contribution in [0.5, 0.6) is 11.5 Å².